The second-order valence-electron chi connectivity index (χ2n) is 3.35. The topological polar surface area (TPSA) is 36.1 Å². The van der Waals surface area contributed by atoms with Gasteiger partial charge in [-0.1, -0.05) is 52.5 Å². The Morgan fingerprint density at radius 1 is 1.18 bits per heavy atom. The van der Waals surface area contributed by atoms with E-state index in [-0.39, 0.29) is 5.03 Å². The van der Waals surface area contributed by atoms with Crippen LogP contribution in [-0.4, -0.2) is 10.6 Å². The largest absolute Gasteiger partial charge is 0.256 e. The number of halogens is 4. The number of aliphatic imine (C=N–C) groups is 1. The normalized spacial score (nSPS) is 23.0. The number of nitrogens with zero attached hydrogens (tertiary/aromatic N) is 2. The monoisotopic (exact) mass is 304 g/mol. The van der Waals surface area contributed by atoms with Gasteiger partial charge in [-0.25, -0.2) is 0 Å². The predicted molar refractivity (Wildman–Crippen MR) is 71.1 cm³/mol. The van der Waals surface area contributed by atoms with Gasteiger partial charge in [0, 0.05) is 11.8 Å². The predicted octanol–water partition coefficient (Wildman–Crippen LogP) is 4.38. The molecule has 0 aliphatic carbocycles. The SMILES string of the molecule is N#CC1(Cl)C(Cl)=CN=C1c1ccc(Cl)c(Cl)c1. The van der Waals surface area contributed by atoms with Crippen molar-refractivity contribution in [3.8, 4) is 6.07 Å². The molecule has 1 heterocycles. The Hall–Kier alpha value is -0.720. The highest BCUT2D eigenvalue weighted by Crippen LogP contribution is 2.37. The Morgan fingerprint density at radius 3 is 2.47 bits per heavy atom. The van der Waals surface area contributed by atoms with Crippen LogP contribution in [0.25, 0.3) is 0 Å². The van der Waals surface area contributed by atoms with E-state index >= 15 is 0 Å². The Morgan fingerprint density at radius 2 is 1.88 bits per heavy atom. The van der Waals surface area contributed by atoms with Gasteiger partial charge in [-0.3, -0.25) is 4.99 Å². The van der Waals surface area contributed by atoms with Crippen molar-refractivity contribution in [2.24, 2.45) is 4.99 Å². The standard InChI is InChI=1S/C11H4Cl4N2/c12-7-2-1-6(3-8(7)13)10-11(15,5-16)9(14)4-17-10/h1-4H. The molecule has 0 saturated carbocycles. The van der Waals surface area contributed by atoms with Gasteiger partial charge in [-0.15, -0.1) is 0 Å². The van der Waals surface area contributed by atoms with Gasteiger partial charge in [0.2, 0.25) is 4.87 Å². The third kappa shape index (κ3) is 2.05. The number of rotatable bonds is 1. The van der Waals surface area contributed by atoms with Crippen molar-refractivity contribution in [1.82, 2.24) is 0 Å². The lowest BCUT2D eigenvalue weighted by Gasteiger charge is -2.16. The van der Waals surface area contributed by atoms with E-state index in [0.29, 0.717) is 21.3 Å². The van der Waals surface area contributed by atoms with Gasteiger partial charge in [0.1, 0.15) is 0 Å². The summed E-state index contributed by atoms with van der Waals surface area (Å²) in [6, 6.07) is 6.83. The molecule has 0 bridgehead atoms. The minimum atomic E-state index is -1.45. The molecule has 0 fully saturated rings. The average molecular weight is 306 g/mol. The van der Waals surface area contributed by atoms with Crippen LogP contribution in [0.4, 0.5) is 0 Å². The summed E-state index contributed by atoms with van der Waals surface area (Å²) in [5.41, 5.74) is 0.966. The van der Waals surface area contributed by atoms with E-state index in [9.17, 15) is 0 Å². The van der Waals surface area contributed by atoms with Gasteiger partial charge in [0.15, 0.2) is 0 Å². The van der Waals surface area contributed by atoms with E-state index in [1.165, 1.54) is 6.20 Å². The van der Waals surface area contributed by atoms with Crippen molar-refractivity contribution in [2.75, 3.05) is 0 Å². The lowest BCUT2D eigenvalue weighted by atomic mass is 9.98. The summed E-state index contributed by atoms with van der Waals surface area (Å²) >= 11 is 23.7. The lowest BCUT2D eigenvalue weighted by molar-refractivity contribution is 1.19. The van der Waals surface area contributed by atoms with E-state index in [2.05, 4.69) is 4.99 Å². The maximum atomic E-state index is 9.10. The molecule has 2 rings (SSSR count). The first kappa shape index (κ1) is 12.7. The molecule has 1 aliphatic heterocycles. The summed E-state index contributed by atoms with van der Waals surface area (Å²) in [6.45, 7) is 0. The van der Waals surface area contributed by atoms with Gasteiger partial charge in [-0.2, -0.15) is 5.26 Å². The Labute approximate surface area is 118 Å². The van der Waals surface area contributed by atoms with Crippen LogP contribution in [0.3, 0.4) is 0 Å². The number of hydrogen-bond donors (Lipinski definition) is 0. The summed E-state index contributed by atoms with van der Waals surface area (Å²) in [7, 11) is 0. The van der Waals surface area contributed by atoms with Gasteiger partial charge in [0.25, 0.3) is 0 Å². The number of allylic oxidation sites excluding steroid dienone is 1. The number of nitriles is 1. The number of hydrogen-bond acceptors (Lipinski definition) is 2. The maximum absolute atomic E-state index is 9.10. The maximum Gasteiger partial charge on any atom is 0.209 e. The quantitative estimate of drug-likeness (QED) is 0.709. The molecule has 0 saturated heterocycles. The van der Waals surface area contributed by atoms with Crippen LogP contribution >= 0.6 is 46.4 Å². The van der Waals surface area contributed by atoms with Crippen LogP contribution in [0, 0.1) is 11.3 Å². The van der Waals surface area contributed by atoms with Gasteiger partial charge >= 0.3 is 0 Å². The molecular weight excluding hydrogens is 302 g/mol. The Bertz CT molecular complexity index is 586. The molecule has 0 spiro atoms. The fraction of sp³-hybridized carbons (Fsp3) is 0.0909. The van der Waals surface area contributed by atoms with Crippen LogP contribution in [0.2, 0.25) is 10.0 Å². The third-order valence-electron chi connectivity index (χ3n) is 2.31. The van der Waals surface area contributed by atoms with E-state index in [1.807, 2.05) is 6.07 Å². The smallest absolute Gasteiger partial charge is 0.209 e. The molecule has 1 aromatic rings. The van der Waals surface area contributed by atoms with Crippen LogP contribution in [0.1, 0.15) is 5.56 Å². The first-order chi connectivity index (χ1) is 7.99. The van der Waals surface area contributed by atoms with Gasteiger partial charge in [0.05, 0.1) is 26.9 Å². The molecular formula is C11H4Cl4N2. The van der Waals surface area contributed by atoms with Crippen LogP contribution in [0.5, 0.6) is 0 Å². The van der Waals surface area contributed by atoms with Crippen molar-refractivity contribution in [1.29, 1.82) is 5.26 Å². The summed E-state index contributed by atoms with van der Waals surface area (Å²) < 4.78 is 0. The van der Waals surface area contributed by atoms with Gasteiger partial charge < -0.3 is 0 Å². The minimum absolute atomic E-state index is 0.169. The van der Waals surface area contributed by atoms with Gasteiger partial charge in [-0.05, 0) is 12.1 Å². The first-order valence-electron chi connectivity index (χ1n) is 4.49. The summed E-state index contributed by atoms with van der Waals surface area (Å²) in [4.78, 5) is 2.60. The van der Waals surface area contributed by atoms with Crippen molar-refractivity contribution >= 4 is 52.1 Å². The molecule has 0 aromatic heterocycles. The highest BCUT2D eigenvalue weighted by molar-refractivity contribution is 6.52. The molecule has 1 aromatic carbocycles. The molecule has 86 valence electrons. The average Bonchev–Trinajstić information content (AvgIpc) is 2.61. The zero-order valence-corrected chi connectivity index (χ0v) is 11.2. The lowest BCUT2D eigenvalue weighted by Crippen LogP contribution is -2.29. The molecule has 0 amide bonds. The zero-order chi connectivity index (χ0) is 12.6. The summed E-state index contributed by atoms with van der Waals surface area (Å²) in [5.74, 6) is 0. The molecule has 0 radical (unpaired) electrons. The highest BCUT2D eigenvalue weighted by atomic mass is 35.5. The second-order valence-corrected chi connectivity index (χ2v) is 5.14. The minimum Gasteiger partial charge on any atom is -0.256 e. The summed E-state index contributed by atoms with van der Waals surface area (Å²) in [6.07, 6.45) is 1.36. The third-order valence-corrected chi connectivity index (χ3v) is 3.99. The van der Waals surface area contributed by atoms with Crippen LogP contribution in [0.15, 0.2) is 34.4 Å². The van der Waals surface area contributed by atoms with E-state index < -0.39 is 4.87 Å². The van der Waals surface area contributed by atoms with E-state index in [4.69, 9.17) is 51.7 Å². The van der Waals surface area contributed by atoms with E-state index in [1.54, 1.807) is 18.2 Å². The molecule has 1 atom stereocenters. The fourth-order valence-electron chi connectivity index (χ4n) is 1.44. The molecule has 1 unspecified atom stereocenters. The highest BCUT2D eigenvalue weighted by Gasteiger charge is 2.41. The summed E-state index contributed by atoms with van der Waals surface area (Å²) in [5, 5.41) is 10.1. The number of benzene rings is 1. The molecule has 17 heavy (non-hydrogen) atoms. The van der Waals surface area contributed by atoms with Crippen molar-refractivity contribution in [3.05, 3.63) is 45.0 Å². The first-order valence-corrected chi connectivity index (χ1v) is 6.00. The fourth-order valence-corrected chi connectivity index (χ4v) is 2.12. The molecule has 2 nitrogen and oxygen atoms in total. The second kappa shape index (κ2) is 4.51. The molecule has 6 heteroatoms. The Kier molecular flexibility index (Phi) is 3.38. The molecule has 1 aliphatic rings. The van der Waals surface area contributed by atoms with Crippen molar-refractivity contribution in [2.45, 2.75) is 4.87 Å². The molecule has 0 N–H and O–H groups in total. The number of alkyl halides is 1. The van der Waals surface area contributed by atoms with E-state index in [0.717, 1.165) is 0 Å². The zero-order valence-electron chi connectivity index (χ0n) is 8.22. The van der Waals surface area contributed by atoms with Crippen LogP contribution < -0.4 is 0 Å². The van der Waals surface area contributed by atoms with Crippen molar-refractivity contribution in [3.63, 3.8) is 0 Å². The van der Waals surface area contributed by atoms with Crippen molar-refractivity contribution < 1.29 is 0 Å². The van der Waals surface area contributed by atoms with Crippen LogP contribution in [-0.2, 0) is 0 Å². The Balaban J connectivity index is 2.50.